The van der Waals surface area contributed by atoms with Crippen LogP contribution >= 0.6 is 0 Å². The highest BCUT2D eigenvalue weighted by atomic mass is 16.4. The number of fused-ring (bicyclic) bond motifs is 1. The molecule has 0 saturated carbocycles. The number of hydrogen-bond acceptors (Lipinski definition) is 2. The molecule has 0 bridgehead atoms. The van der Waals surface area contributed by atoms with Crippen molar-refractivity contribution in [2.45, 2.75) is 19.3 Å². The summed E-state index contributed by atoms with van der Waals surface area (Å²) >= 11 is 0. The Morgan fingerprint density at radius 2 is 1.89 bits per heavy atom. The van der Waals surface area contributed by atoms with E-state index in [-0.39, 0.29) is 6.42 Å². The van der Waals surface area contributed by atoms with Crippen molar-refractivity contribution < 1.29 is 9.90 Å². The lowest BCUT2D eigenvalue weighted by atomic mass is 10.1. The lowest BCUT2D eigenvalue weighted by Gasteiger charge is -2.00. The lowest BCUT2D eigenvalue weighted by Crippen LogP contribution is -2.21. The maximum Gasteiger partial charge on any atom is 0.0414 e. The molecule has 0 aliphatic heterocycles. The van der Waals surface area contributed by atoms with Gasteiger partial charge >= 0.3 is 0 Å². The van der Waals surface area contributed by atoms with Crippen LogP contribution in [-0.2, 0) is 4.79 Å². The Hall–Kier alpha value is -2.09. The van der Waals surface area contributed by atoms with Gasteiger partial charge in [0, 0.05) is 5.97 Å². The van der Waals surface area contributed by atoms with E-state index >= 15 is 0 Å². The Morgan fingerprint density at radius 1 is 1.11 bits per heavy atom. The van der Waals surface area contributed by atoms with Gasteiger partial charge in [-0.05, 0) is 41.7 Å². The van der Waals surface area contributed by atoms with Crippen LogP contribution in [0.15, 0.2) is 48.5 Å². The number of hydrogen-bond donors (Lipinski definition) is 0. The maximum atomic E-state index is 10.2. The fraction of sp³-hybridized carbons (Fsp3) is 0.188. The second kappa shape index (κ2) is 6.01. The van der Waals surface area contributed by atoms with E-state index in [2.05, 4.69) is 30.3 Å². The fourth-order valence-electron chi connectivity index (χ4n) is 1.90. The highest BCUT2D eigenvalue weighted by Gasteiger charge is 1.92. The molecule has 0 radical (unpaired) electrons. The number of unbranched alkanes of at least 4 members (excludes halogenated alkanes) is 1. The summed E-state index contributed by atoms with van der Waals surface area (Å²) in [4.78, 5) is 10.2. The van der Waals surface area contributed by atoms with E-state index < -0.39 is 5.97 Å². The van der Waals surface area contributed by atoms with E-state index in [4.69, 9.17) is 0 Å². The van der Waals surface area contributed by atoms with E-state index in [9.17, 15) is 9.90 Å². The van der Waals surface area contributed by atoms with Crippen molar-refractivity contribution in [1.82, 2.24) is 0 Å². The van der Waals surface area contributed by atoms with E-state index in [1.165, 1.54) is 10.8 Å². The third kappa shape index (κ3) is 3.45. The zero-order valence-electron chi connectivity index (χ0n) is 10.1. The second-order valence-electron chi connectivity index (χ2n) is 4.27. The number of carbonyl (C=O) groups excluding carboxylic acids is 1. The molecule has 0 aliphatic carbocycles. The Labute approximate surface area is 107 Å². The molecule has 2 heteroatoms. The molecule has 0 saturated heterocycles. The molecule has 0 heterocycles. The average molecular weight is 239 g/mol. The van der Waals surface area contributed by atoms with Crippen LogP contribution in [0.5, 0.6) is 0 Å². The van der Waals surface area contributed by atoms with E-state index in [0.717, 1.165) is 12.0 Å². The summed E-state index contributed by atoms with van der Waals surface area (Å²) in [5, 5.41) is 12.7. The molecule has 0 N–H and O–H groups in total. The van der Waals surface area contributed by atoms with Gasteiger partial charge in [0.25, 0.3) is 0 Å². The zero-order valence-corrected chi connectivity index (χ0v) is 10.1. The first-order valence-electron chi connectivity index (χ1n) is 6.11. The summed E-state index contributed by atoms with van der Waals surface area (Å²) < 4.78 is 0. The molecule has 0 atom stereocenters. The first-order chi connectivity index (χ1) is 8.75. The molecule has 0 spiro atoms. The van der Waals surface area contributed by atoms with Gasteiger partial charge in [-0.3, -0.25) is 0 Å². The molecule has 18 heavy (non-hydrogen) atoms. The van der Waals surface area contributed by atoms with Gasteiger partial charge in [-0.1, -0.05) is 48.6 Å². The minimum absolute atomic E-state index is 0.127. The summed E-state index contributed by atoms with van der Waals surface area (Å²) in [7, 11) is 0. The predicted octanol–water partition coefficient (Wildman–Crippen LogP) is 2.77. The highest BCUT2D eigenvalue weighted by molar-refractivity contribution is 5.84. The lowest BCUT2D eigenvalue weighted by molar-refractivity contribution is -0.305. The molecule has 2 nitrogen and oxygen atoms in total. The van der Waals surface area contributed by atoms with Gasteiger partial charge in [-0.15, -0.1) is 0 Å². The molecule has 2 aromatic rings. The third-order valence-electron chi connectivity index (χ3n) is 2.84. The summed E-state index contributed by atoms with van der Waals surface area (Å²) in [6.07, 6.45) is 5.56. The monoisotopic (exact) mass is 239 g/mol. The maximum absolute atomic E-state index is 10.2. The van der Waals surface area contributed by atoms with Gasteiger partial charge in [0.2, 0.25) is 0 Å². The minimum atomic E-state index is -0.978. The predicted molar refractivity (Wildman–Crippen MR) is 71.8 cm³/mol. The molecule has 0 unspecified atom stereocenters. The molecular weight excluding hydrogens is 224 g/mol. The Balaban J connectivity index is 1.99. The quantitative estimate of drug-likeness (QED) is 0.753. The van der Waals surface area contributed by atoms with Gasteiger partial charge in [-0.2, -0.15) is 0 Å². The number of rotatable bonds is 5. The number of allylic oxidation sites excluding steroid dienone is 1. The van der Waals surface area contributed by atoms with E-state index in [0.29, 0.717) is 6.42 Å². The molecule has 0 aromatic heterocycles. The topological polar surface area (TPSA) is 40.1 Å². The summed E-state index contributed by atoms with van der Waals surface area (Å²) in [5.41, 5.74) is 1.14. The first-order valence-corrected chi connectivity index (χ1v) is 6.11. The summed E-state index contributed by atoms with van der Waals surface area (Å²) in [5.74, 6) is -0.978. The van der Waals surface area contributed by atoms with Crippen LogP contribution in [-0.4, -0.2) is 5.97 Å². The van der Waals surface area contributed by atoms with Crippen LogP contribution in [0.4, 0.5) is 0 Å². The number of carboxylic acids is 1. The van der Waals surface area contributed by atoms with Crippen LogP contribution in [0, 0.1) is 0 Å². The van der Waals surface area contributed by atoms with E-state index in [1.807, 2.05) is 24.3 Å². The van der Waals surface area contributed by atoms with Gasteiger partial charge in [0.05, 0.1) is 0 Å². The van der Waals surface area contributed by atoms with Crippen LogP contribution < -0.4 is 5.11 Å². The molecular formula is C16H15O2-. The molecule has 0 amide bonds. The van der Waals surface area contributed by atoms with Gasteiger partial charge in [0.15, 0.2) is 0 Å². The summed E-state index contributed by atoms with van der Waals surface area (Å²) in [6.45, 7) is 0. The smallest absolute Gasteiger partial charge is 0.0414 e. The van der Waals surface area contributed by atoms with Crippen molar-refractivity contribution in [2.24, 2.45) is 0 Å². The van der Waals surface area contributed by atoms with Crippen molar-refractivity contribution in [1.29, 1.82) is 0 Å². The van der Waals surface area contributed by atoms with Crippen LogP contribution in [0.1, 0.15) is 24.8 Å². The summed E-state index contributed by atoms with van der Waals surface area (Å²) in [6, 6.07) is 14.5. The standard InChI is InChI=1S/C16H16O2/c17-16(18)9-3-1-2-6-13-10-11-14-7-4-5-8-15(14)12-13/h2,4-8,10-12H,1,3,9H2,(H,17,18)/p-1/b6-2+. The van der Waals surface area contributed by atoms with Crippen molar-refractivity contribution in [2.75, 3.05) is 0 Å². The molecule has 92 valence electrons. The third-order valence-corrected chi connectivity index (χ3v) is 2.84. The van der Waals surface area contributed by atoms with Gasteiger partial charge in [0.1, 0.15) is 0 Å². The second-order valence-corrected chi connectivity index (χ2v) is 4.27. The largest absolute Gasteiger partial charge is 0.550 e. The molecule has 0 aliphatic rings. The minimum Gasteiger partial charge on any atom is -0.550 e. The van der Waals surface area contributed by atoms with Crippen LogP contribution in [0.2, 0.25) is 0 Å². The number of aliphatic carboxylic acids is 1. The van der Waals surface area contributed by atoms with E-state index in [1.54, 1.807) is 0 Å². The van der Waals surface area contributed by atoms with Crippen molar-refractivity contribution >= 4 is 22.8 Å². The number of benzene rings is 2. The van der Waals surface area contributed by atoms with Crippen LogP contribution in [0.25, 0.3) is 16.8 Å². The SMILES string of the molecule is O=C([O-])CCC/C=C/c1ccc2ccccc2c1. The molecule has 0 fully saturated rings. The average Bonchev–Trinajstić information content (AvgIpc) is 2.38. The first kappa shape index (κ1) is 12.4. The van der Waals surface area contributed by atoms with Crippen molar-refractivity contribution in [3.8, 4) is 0 Å². The number of carboxylic acid groups (broad SMARTS) is 1. The fourth-order valence-corrected chi connectivity index (χ4v) is 1.90. The van der Waals surface area contributed by atoms with Gasteiger partial charge in [-0.25, -0.2) is 0 Å². The van der Waals surface area contributed by atoms with Crippen LogP contribution in [0.3, 0.4) is 0 Å². The van der Waals surface area contributed by atoms with Gasteiger partial charge < -0.3 is 9.90 Å². The van der Waals surface area contributed by atoms with Crippen molar-refractivity contribution in [3.05, 3.63) is 54.1 Å². The van der Waals surface area contributed by atoms with Crippen molar-refractivity contribution in [3.63, 3.8) is 0 Å². The molecule has 2 aromatic carbocycles. The highest BCUT2D eigenvalue weighted by Crippen LogP contribution is 2.16. The Kier molecular flexibility index (Phi) is 4.13. The zero-order chi connectivity index (χ0) is 12.8. The molecule has 2 rings (SSSR count). The Bertz CT molecular complexity index is 570. The normalized spacial score (nSPS) is 11.1. The Morgan fingerprint density at radius 3 is 2.67 bits per heavy atom. The number of carbonyl (C=O) groups is 1.